The predicted octanol–water partition coefficient (Wildman–Crippen LogP) is 1.81. The van der Waals surface area contributed by atoms with Crippen molar-refractivity contribution in [3.05, 3.63) is 34.4 Å². The first-order valence-electron chi connectivity index (χ1n) is 5.85. The third-order valence-electron chi connectivity index (χ3n) is 2.78. The molecule has 0 radical (unpaired) electrons. The Hall–Kier alpha value is -2.27. The van der Waals surface area contributed by atoms with Gasteiger partial charge in [0.2, 0.25) is 0 Å². The molecule has 0 aliphatic carbocycles. The summed E-state index contributed by atoms with van der Waals surface area (Å²) in [7, 11) is 1.57. The Balaban J connectivity index is 2.48. The molecule has 1 amide bonds. The molecule has 1 heterocycles. The molecule has 0 unspecified atom stereocenters. The van der Waals surface area contributed by atoms with Gasteiger partial charge in [0, 0.05) is 0 Å². The van der Waals surface area contributed by atoms with E-state index in [4.69, 9.17) is 15.3 Å². The Kier molecular flexibility index (Phi) is 4.42. The normalized spacial score (nSPS) is 14.4. The second-order valence-electron chi connectivity index (χ2n) is 3.93. The van der Waals surface area contributed by atoms with Crippen LogP contribution in [0.5, 0.6) is 5.75 Å². The second-order valence-corrected chi connectivity index (χ2v) is 6.20. The molecular formula is C14H11N3O2Se. The number of carbonyl (C=O) groups is 1. The van der Waals surface area contributed by atoms with E-state index in [-0.39, 0.29) is 26.4 Å². The Morgan fingerprint density at radius 1 is 1.30 bits per heavy atom. The molecule has 0 aromatic heterocycles. The van der Waals surface area contributed by atoms with Gasteiger partial charge in [-0.05, 0) is 0 Å². The van der Waals surface area contributed by atoms with E-state index in [1.165, 1.54) is 4.90 Å². The van der Waals surface area contributed by atoms with Crippen LogP contribution in [0.2, 0.25) is 5.32 Å². The molecule has 2 rings (SSSR count). The van der Waals surface area contributed by atoms with Gasteiger partial charge in [-0.15, -0.1) is 0 Å². The minimum atomic E-state index is -0.0821. The molecule has 1 aromatic carbocycles. The fourth-order valence-electron chi connectivity index (χ4n) is 1.82. The maximum absolute atomic E-state index is 12.1. The summed E-state index contributed by atoms with van der Waals surface area (Å²) >= 11 is -0.0470. The zero-order valence-electron chi connectivity index (χ0n) is 10.8. The van der Waals surface area contributed by atoms with E-state index in [1.807, 2.05) is 12.1 Å². The van der Waals surface area contributed by atoms with Crippen LogP contribution in [0.1, 0.15) is 6.42 Å². The minimum absolute atomic E-state index is 0.0221. The van der Waals surface area contributed by atoms with Crippen LogP contribution < -0.4 is 9.64 Å². The molecule has 0 atom stereocenters. The van der Waals surface area contributed by atoms with Gasteiger partial charge in [-0.1, -0.05) is 0 Å². The summed E-state index contributed by atoms with van der Waals surface area (Å²) in [4.78, 5) is 13.6. The first-order chi connectivity index (χ1) is 9.71. The van der Waals surface area contributed by atoms with E-state index in [0.29, 0.717) is 22.5 Å². The fourth-order valence-corrected chi connectivity index (χ4v) is 4.01. The standard InChI is InChI=1S/C14H11N3O2Se/c1-19-12-4-2-11(3-5-12)17-13(18)6-7-20-14(17)10(8-15)9-16/h2-5H,6-7H2,1H3. The van der Waals surface area contributed by atoms with Crippen LogP contribution in [-0.2, 0) is 4.79 Å². The molecule has 1 aromatic rings. The number of rotatable bonds is 2. The van der Waals surface area contributed by atoms with E-state index in [1.54, 1.807) is 31.4 Å². The number of allylic oxidation sites excluding steroid dienone is 1. The van der Waals surface area contributed by atoms with Crippen molar-refractivity contribution < 1.29 is 9.53 Å². The summed E-state index contributed by atoms with van der Waals surface area (Å²) in [6.45, 7) is 0. The molecule has 5 nitrogen and oxygen atoms in total. The van der Waals surface area contributed by atoms with E-state index >= 15 is 0 Å². The van der Waals surface area contributed by atoms with Gasteiger partial charge in [-0.2, -0.15) is 0 Å². The van der Waals surface area contributed by atoms with Crippen molar-refractivity contribution in [3.8, 4) is 17.9 Å². The van der Waals surface area contributed by atoms with Gasteiger partial charge in [-0.25, -0.2) is 0 Å². The van der Waals surface area contributed by atoms with E-state index in [0.717, 1.165) is 5.32 Å². The van der Waals surface area contributed by atoms with Crippen LogP contribution in [0, 0.1) is 22.7 Å². The summed E-state index contributed by atoms with van der Waals surface area (Å²) in [5.41, 5.74) is 0.684. The summed E-state index contributed by atoms with van der Waals surface area (Å²) in [5.74, 6) is 0.608. The van der Waals surface area contributed by atoms with Crippen LogP contribution in [0.4, 0.5) is 5.69 Å². The van der Waals surface area contributed by atoms with E-state index < -0.39 is 0 Å². The molecule has 1 aliphatic heterocycles. The third kappa shape index (κ3) is 2.67. The fraction of sp³-hybridized carbons (Fsp3) is 0.214. The summed E-state index contributed by atoms with van der Waals surface area (Å²) in [6, 6.07) is 10.8. The van der Waals surface area contributed by atoms with Crippen LogP contribution in [0.3, 0.4) is 0 Å². The molecule has 0 saturated carbocycles. The molecule has 0 spiro atoms. The van der Waals surface area contributed by atoms with Crippen molar-refractivity contribution in [3.63, 3.8) is 0 Å². The van der Waals surface area contributed by atoms with Gasteiger partial charge in [0.25, 0.3) is 0 Å². The van der Waals surface area contributed by atoms with Gasteiger partial charge < -0.3 is 0 Å². The zero-order chi connectivity index (χ0) is 14.5. The van der Waals surface area contributed by atoms with Crippen molar-refractivity contribution in [2.45, 2.75) is 11.7 Å². The van der Waals surface area contributed by atoms with Gasteiger partial charge in [-0.3, -0.25) is 0 Å². The summed E-state index contributed by atoms with van der Waals surface area (Å²) in [6.07, 6.45) is 0.444. The number of carbonyl (C=O) groups excluding carboxylic acids is 1. The van der Waals surface area contributed by atoms with Gasteiger partial charge >= 0.3 is 123 Å². The molecule has 0 bridgehead atoms. The number of nitriles is 2. The Morgan fingerprint density at radius 2 is 1.95 bits per heavy atom. The number of nitrogens with zero attached hydrogens (tertiary/aromatic N) is 3. The van der Waals surface area contributed by atoms with Crippen molar-refractivity contribution in [2.24, 2.45) is 0 Å². The summed E-state index contributed by atoms with van der Waals surface area (Å²) < 4.78 is 5.63. The van der Waals surface area contributed by atoms with E-state index in [9.17, 15) is 4.79 Å². The molecule has 0 N–H and O–H groups in total. The average Bonchev–Trinajstić information content (AvgIpc) is 2.49. The predicted molar refractivity (Wildman–Crippen MR) is 73.9 cm³/mol. The molecule has 1 saturated heterocycles. The first kappa shape index (κ1) is 14.1. The Labute approximate surface area is 123 Å². The van der Waals surface area contributed by atoms with Crippen molar-refractivity contribution in [2.75, 3.05) is 12.0 Å². The molecular weight excluding hydrogens is 321 g/mol. The van der Waals surface area contributed by atoms with Crippen LogP contribution in [0.15, 0.2) is 34.4 Å². The van der Waals surface area contributed by atoms with Crippen LogP contribution in [-0.4, -0.2) is 28.0 Å². The number of hydrogen-bond acceptors (Lipinski definition) is 4. The number of hydrogen-bond donors (Lipinski definition) is 0. The average molecular weight is 332 g/mol. The maximum atomic E-state index is 12.1. The third-order valence-corrected chi connectivity index (χ3v) is 5.02. The number of amides is 1. The number of benzene rings is 1. The summed E-state index contributed by atoms with van der Waals surface area (Å²) in [5, 5.41) is 18.8. The molecule has 1 aliphatic rings. The van der Waals surface area contributed by atoms with Crippen molar-refractivity contribution in [1.29, 1.82) is 10.5 Å². The van der Waals surface area contributed by atoms with Crippen LogP contribution in [0.25, 0.3) is 0 Å². The quantitative estimate of drug-likeness (QED) is 0.611. The number of ether oxygens (including phenoxy) is 1. The SMILES string of the molecule is COc1ccc(N2C(=O)CC[Se]C2=C(C#N)C#N)cc1. The van der Waals surface area contributed by atoms with Crippen LogP contribution >= 0.6 is 0 Å². The topological polar surface area (TPSA) is 77.1 Å². The number of methoxy groups -OCH3 is 1. The Morgan fingerprint density at radius 3 is 2.50 bits per heavy atom. The molecule has 100 valence electrons. The number of anilines is 1. The van der Waals surface area contributed by atoms with Gasteiger partial charge in [0.15, 0.2) is 0 Å². The zero-order valence-corrected chi connectivity index (χ0v) is 12.5. The molecule has 1 fully saturated rings. The monoisotopic (exact) mass is 333 g/mol. The van der Waals surface area contributed by atoms with Gasteiger partial charge in [0.05, 0.1) is 0 Å². The van der Waals surface area contributed by atoms with Crippen molar-refractivity contribution in [1.82, 2.24) is 0 Å². The molecule has 6 heteroatoms. The van der Waals surface area contributed by atoms with Gasteiger partial charge in [0.1, 0.15) is 0 Å². The second kappa shape index (κ2) is 6.25. The molecule has 20 heavy (non-hydrogen) atoms. The van der Waals surface area contributed by atoms with Crippen molar-refractivity contribution >= 4 is 26.6 Å². The first-order valence-corrected chi connectivity index (χ1v) is 7.92. The van der Waals surface area contributed by atoms with E-state index in [2.05, 4.69) is 0 Å². The Bertz CT molecular complexity index is 622.